The molecule has 0 aliphatic rings. The van der Waals surface area contributed by atoms with E-state index in [1.807, 2.05) is 6.92 Å². The summed E-state index contributed by atoms with van der Waals surface area (Å²) in [5, 5.41) is 11.4. The smallest absolute Gasteiger partial charge is 0.162 e. The largest absolute Gasteiger partial charge is 0.341 e. The SMILES string of the molecule is CCn1c2ccccc2c2cc(CCC(=O)C(C)CCC(=O)c3ccc(C#N)cc3)ccc21. The van der Waals surface area contributed by atoms with E-state index in [-0.39, 0.29) is 17.5 Å². The predicted molar refractivity (Wildman–Crippen MR) is 132 cm³/mol. The molecule has 1 aromatic heterocycles. The lowest BCUT2D eigenvalue weighted by atomic mass is 9.93. The van der Waals surface area contributed by atoms with Gasteiger partial charge in [-0.1, -0.05) is 43.3 Å². The number of aryl methyl sites for hydroxylation is 2. The summed E-state index contributed by atoms with van der Waals surface area (Å²) in [5.74, 6) is 0.0497. The van der Waals surface area contributed by atoms with E-state index >= 15 is 0 Å². The molecule has 4 aromatic rings. The fourth-order valence-corrected chi connectivity index (χ4v) is 4.49. The molecular weight excluding hydrogens is 408 g/mol. The van der Waals surface area contributed by atoms with Crippen LogP contribution in [-0.4, -0.2) is 16.1 Å². The molecule has 0 N–H and O–H groups in total. The van der Waals surface area contributed by atoms with Gasteiger partial charge < -0.3 is 4.57 Å². The van der Waals surface area contributed by atoms with Crippen molar-refractivity contribution in [1.82, 2.24) is 4.57 Å². The first kappa shape index (κ1) is 22.5. The van der Waals surface area contributed by atoms with Gasteiger partial charge in [0.1, 0.15) is 5.78 Å². The number of rotatable bonds is 9. The molecule has 3 aromatic carbocycles. The van der Waals surface area contributed by atoms with Gasteiger partial charge in [-0.3, -0.25) is 9.59 Å². The Morgan fingerprint density at radius 3 is 2.39 bits per heavy atom. The van der Waals surface area contributed by atoms with Crippen molar-refractivity contribution < 1.29 is 9.59 Å². The highest BCUT2D eigenvalue weighted by molar-refractivity contribution is 6.08. The normalized spacial score (nSPS) is 12.0. The Balaban J connectivity index is 1.37. The van der Waals surface area contributed by atoms with Gasteiger partial charge in [-0.2, -0.15) is 5.26 Å². The zero-order valence-corrected chi connectivity index (χ0v) is 19.2. The van der Waals surface area contributed by atoms with Crippen LogP contribution < -0.4 is 0 Å². The van der Waals surface area contributed by atoms with Crippen LogP contribution >= 0.6 is 0 Å². The summed E-state index contributed by atoms with van der Waals surface area (Å²) >= 11 is 0. The third-order valence-corrected chi connectivity index (χ3v) is 6.50. The van der Waals surface area contributed by atoms with Crippen LogP contribution in [0.4, 0.5) is 0 Å². The second-order valence-electron chi connectivity index (χ2n) is 8.63. The van der Waals surface area contributed by atoms with Crippen LogP contribution in [0.5, 0.6) is 0 Å². The third kappa shape index (κ3) is 4.73. The molecule has 0 radical (unpaired) electrons. The molecule has 0 saturated carbocycles. The Kier molecular flexibility index (Phi) is 6.70. The summed E-state index contributed by atoms with van der Waals surface area (Å²) in [7, 11) is 0. The Hall–Kier alpha value is -3.71. The van der Waals surface area contributed by atoms with Gasteiger partial charge in [0.05, 0.1) is 11.6 Å². The highest BCUT2D eigenvalue weighted by Gasteiger charge is 2.16. The van der Waals surface area contributed by atoms with Crippen molar-refractivity contribution in [2.75, 3.05) is 0 Å². The maximum absolute atomic E-state index is 12.7. The van der Waals surface area contributed by atoms with Crippen LogP contribution in [0.15, 0.2) is 66.7 Å². The Morgan fingerprint density at radius 1 is 0.939 bits per heavy atom. The molecule has 0 bridgehead atoms. The molecule has 0 fully saturated rings. The first-order valence-electron chi connectivity index (χ1n) is 11.6. The zero-order chi connectivity index (χ0) is 23.4. The number of carbonyl (C=O) groups excluding carboxylic acids is 2. The molecule has 0 aliphatic heterocycles. The molecule has 0 amide bonds. The van der Waals surface area contributed by atoms with E-state index in [1.54, 1.807) is 24.3 Å². The first-order valence-corrected chi connectivity index (χ1v) is 11.6. The number of nitriles is 1. The van der Waals surface area contributed by atoms with E-state index in [0.717, 1.165) is 12.1 Å². The molecule has 33 heavy (non-hydrogen) atoms. The summed E-state index contributed by atoms with van der Waals surface area (Å²) in [6.07, 6.45) is 2.06. The molecule has 0 aliphatic carbocycles. The van der Waals surface area contributed by atoms with Gasteiger partial charge in [-0.25, -0.2) is 0 Å². The van der Waals surface area contributed by atoms with E-state index < -0.39 is 0 Å². The van der Waals surface area contributed by atoms with Crippen LogP contribution in [0.25, 0.3) is 21.8 Å². The molecule has 0 spiro atoms. The fourth-order valence-electron chi connectivity index (χ4n) is 4.49. The number of carbonyl (C=O) groups is 2. The van der Waals surface area contributed by atoms with Crippen molar-refractivity contribution in [3.8, 4) is 6.07 Å². The van der Waals surface area contributed by atoms with E-state index in [0.29, 0.717) is 36.8 Å². The number of ketones is 2. The van der Waals surface area contributed by atoms with Gasteiger partial charge in [0.15, 0.2) is 5.78 Å². The summed E-state index contributed by atoms with van der Waals surface area (Å²) in [6.45, 7) is 4.99. The first-order chi connectivity index (χ1) is 16.0. The number of hydrogen-bond donors (Lipinski definition) is 0. The number of para-hydroxylation sites is 1. The Morgan fingerprint density at radius 2 is 1.67 bits per heavy atom. The number of fused-ring (bicyclic) bond motifs is 3. The second-order valence-corrected chi connectivity index (χ2v) is 8.63. The average molecular weight is 437 g/mol. The third-order valence-electron chi connectivity index (χ3n) is 6.50. The van der Waals surface area contributed by atoms with E-state index in [9.17, 15) is 9.59 Å². The monoisotopic (exact) mass is 436 g/mol. The molecule has 166 valence electrons. The standard InChI is InChI=1S/C29H28N2O2/c1-3-31-26-7-5-4-6-24(26)25-18-21(11-15-27(25)31)12-17-28(32)20(2)8-16-29(33)23-13-9-22(19-30)10-14-23/h4-7,9-11,13-15,18,20H,3,8,12,16-17H2,1-2H3. The average Bonchev–Trinajstić information content (AvgIpc) is 3.18. The summed E-state index contributed by atoms with van der Waals surface area (Å²) in [6, 6.07) is 23.7. The minimum Gasteiger partial charge on any atom is -0.341 e. The minimum atomic E-state index is -0.155. The molecule has 4 nitrogen and oxygen atoms in total. The summed E-state index contributed by atoms with van der Waals surface area (Å²) < 4.78 is 2.33. The van der Waals surface area contributed by atoms with Gasteiger partial charge in [0.25, 0.3) is 0 Å². The van der Waals surface area contributed by atoms with Crippen LogP contribution in [0.2, 0.25) is 0 Å². The fraction of sp³-hybridized carbons (Fsp3) is 0.276. The number of aromatic nitrogens is 1. The van der Waals surface area contributed by atoms with Crippen LogP contribution in [0.1, 0.15) is 54.6 Å². The van der Waals surface area contributed by atoms with Gasteiger partial charge in [-0.15, -0.1) is 0 Å². The van der Waals surface area contributed by atoms with E-state index in [4.69, 9.17) is 5.26 Å². The molecular formula is C29H28N2O2. The number of nitrogens with zero attached hydrogens (tertiary/aromatic N) is 2. The van der Waals surface area contributed by atoms with Gasteiger partial charge in [0, 0.05) is 52.7 Å². The van der Waals surface area contributed by atoms with Crippen LogP contribution in [-0.2, 0) is 17.8 Å². The number of benzene rings is 3. The highest BCUT2D eigenvalue weighted by Crippen LogP contribution is 2.30. The Labute approximate surface area is 194 Å². The second kappa shape index (κ2) is 9.83. The summed E-state index contributed by atoms with van der Waals surface area (Å²) in [4.78, 5) is 25.1. The maximum atomic E-state index is 12.7. The quantitative estimate of drug-likeness (QED) is 0.282. The zero-order valence-electron chi connectivity index (χ0n) is 19.2. The molecule has 0 saturated heterocycles. The molecule has 1 heterocycles. The van der Waals surface area contributed by atoms with Crippen molar-refractivity contribution in [2.45, 2.75) is 46.1 Å². The van der Waals surface area contributed by atoms with Crippen molar-refractivity contribution >= 4 is 33.4 Å². The Bertz CT molecular complexity index is 1360. The highest BCUT2D eigenvalue weighted by atomic mass is 16.1. The minimum absolute atomic E-state index is 0.0110. The van der Waals surface area contributed by atoms with Gasteiger partial charge in [0.2, 0.25) is 0 Å². The van der Waals surface area contributed by atoms with Gasteiger partial charge in [-0.05, 0) is 55.7 Å². The maximum Gasteiger partial charge on any atom is 0.162 e. The lowest BCUT2D eigenvalue weighted by Crippen LogP contribution is -2.13. The van der Waals surface area contributed by atoms with Crippen LogP contribution in [0, 0.1) is 17.2 Å². The summed E-state index contributed by atoms with van der Waals surface area (Å²) in [5.41, 5.74) is 4.75. The van der Waals surface area contributed by atoms with Crippen molar-refractivity contribution in [3.05, 3.63) is 83.4 Å². The van der Waals surface area contributed by atoms with Crippen LogP contribution in [0.3, 0.4) is 0 Å². The number of hydrogen-bond acceptors (Lipinski definition) is 3. The van der Waals surface area contributed by atoms with E-state index in [2.05, 4.69) is 60.0 Å². The topological polar surface area (TPSA) is 62.9 Å². The van der Waals surface area contributed by atoms with Crippen molar-refractivity contribution in [1.29, 1.82) is 5.26 Å². The molecule has 1 atom stereocenters. The lowest BCUT2D eigenvalue weighted by molar-refractivity contribution is -0.122. The molecule has 4 rings (SSSR count). The predicted octanol–water partition coefficient (Wildman–Crippen LogP) is 6.49. The molecule has 4 heteroatoms. The molecule has 1 unspecified atom stereocenters. The van der Waals surface area contributed by atoms with Crippen molar-refractivity contribution in [2.24, 2.45) is 5.92 Å². The number of Topliss-reactive ketones (excluding diaryl/α,β-unsaturated/α-hetero) is 2. The van der Waals surface area contributed by atoms with Crippen molar-refractivity contribution in [3.63, 3.8) is 0 Å². The lowest BCUT2D eigenvalue weighted by Gasteiger charge is -2.10. The van der Waals surface area contributed by atoms with E-state index in [1.165, 1.54) is 21.8 Å². The van der Waals surface area contributed by atoms with Gasteiger partial charge >= 0.3 is 0 Å².